The van der Waals surface area contributed by atoms with Crippen LogP contribution in [0.25, 0.3) is 0 Å². The molecule has 1 aromatic heterocycles. The Morgan fingerprint density at radius 2 is 1.55 bits per heavy atom. The van der Waals surface area contributed by atoms with Crippen molar-refractivity contribution in [2.75, 3.05) is 17.2 Å². The van der Waals surface area contributed by atoms with Crippen molar-refractivity contribution in [3.05, 3.63) is 65.9 Å². The van der Waals surface area contributed by atoms with E-state index in [1.165, 1.54) is 0 Å². The van der Waals surface area contributed by atoms with E-state index in [0.717, 1.165) is 18.2 Å². The minimum Gasteiger partial charge on any atom is -0.494 e. The Labute approximate surface area is 179 Å². The van der Waals surface area contributed by atoms with Crippen LogP contribution >= 0.6 is 0 Å². The molecule has 31 heavy (non-hydrogen) atoms. The first kappa shape index (κ1) is 22.4. The molecule has 8 heteroatoms. The Hall–Kier alpha value is -3.29. The van der Waals surface area contributed by atoms with Gasteiger partial charge >= 0.3 is 6.18 Å². The molecule has 0 radical (unpaired) electrons. The maximum absolute atomic E-state index is 13.5. The number of ether oxygens (including phenoxy) is 1. The molecule has 3 aromatic rings. The molecule has 0 aliphatic carbocycles. The van der Waals surface area contributed by atoms with Gasteiger partial charge in [0, 0.05) is 17.6 Å². The SMILES string of the molecule is CCOc1ccc(Nc2ncc(C(F)(F)F)c(Nc3ccc(CC(C)C)cc3)n2)cc1. The maximum Gasteiger partial charge on any atom is 0.421 e. The van der Waals surface area contributed by atoms with Crippen molar-refractivity contribution in [1.29, 1.82) is 0 Å². The average Bonchev–Trinajstić information content (AvgIpc) is 2.70. The minimum atomic E-state index is -4.59. The van der Waals surface area contributed by atoms with E-state index < -0.39 is 11.7 Å². The number of halogens is 3. The Kier molecular flexibility index (Phi) is 6.99. The molecule has 0 unspecified atom stereocenters. The molecule has 0 fully saturated rings. The van der Waals surface area contributed by atoms with E-state index in [4.69, 9.17) is 4.74 Å². The third-order valence-corrected chi connectivity index (χ3v) is 4.38. The maximum atomic E-state index is 13.5. The van der Waals surface area contributed by atoms with Crippen molar-refractivity contribution in [3.8, 4) is 5.75 Å². The Balaban J connectivity index is 1.83. The number of aromatic nitrogens is 2. The second-order valence-corrected chi connectivity index (χ2v) is 7.46. The molecule has 0 bridgehead atoms. The second-order valence-electron chi connectivity index (χ2n) is 7.46. The van der Waals surface area contributed by atoms with Gasteiger partial charge in [-0.15, -0.1) is 0 Å². The molecule has 5 nitrogen and oxygen atoms in total. The van der Waals surface area contributed by atoms with E-state index in [9.17, 15) is 13.2 Å². The van der Waals surface area contributed by atoms with Gasteiger partial charge in [0.25, 0.3) is 0 Å². The van der Waals surface area contributed by atoms with Crippen molar-refractivity contribution in [1.82, 2.24) is 9.97 Å². The van der Waals surface area contributed by atoms with Crippen molar-refractivity contribution < 1.29 is 17.9 Å². The van der Waals surface area contributed by atoms with Gasteiger partial charge in [0.15, 0.2) is 0 Å². The summed E-state index contributed by atoms with van der Waals surface area (Å²) in [6.45, 7) is 6.65. The average molecular weight is 430 g/mol. The van der Waals surface area contributed by atoms with Gasteiger partial charge in [-0.3, -0.25) is 0 Å². The smallest absolute Gasteiger partial charge is 0.421 e. The van der Waals surface area contributed by atoms with Gasteiger partial charge in [0.2, 0.25) is 5.95 Å². The van der Waals surface area contributed by atoms with Crippen LogP contribution < -0.4 is 15.4 Å². The van der Waals surface area contributed by atoms with Gasteiger partial charge in [0.1, 0.15) is 17.1 Å². The third kappa shape index (κ3) is 6.34. The van der Waals surface area contributed by atoms with Crippen molar-refractivity contribution >= 4 is 23.1 Å². The number of nitrogens with one attached hydrogen (secondary N) is 2. The highest BCUT2D eigenvalue weighted by molar-refractivity contribution is 5.63. The fraction of sp³-hybridized carbons (Fsp3) is 0.304. The minimum absolute atomic E-state index is 0.0519. The first-order valence-electron chi connectivity index (χ1n) is 10.0. The number of benzene rings is 2. The largest absolute Gasteiger partial charge is 0.494 e. The van der Waals surface area contributed by atoms with Crippen LogP contribution in [0.2, 0.25) is 0 Å². The summed E-state index contributed by atoms with van der Waals surface area (Å²) in [5.41, 5.74) is 1.34. The quantitative estimate of drug-likeness (QED) is 0.423. The van der Waals surface area contributed by atoms with Gasteiger partial charge in [-0.1, -0.05) is 26.0 Å². The number of rotatable bonds is 8. The molecular weight excluding hydrogens is 405 g/mol. The Bertz CT molecular complexity index is 987. The molecule has 0 aliphatic heterocycles. The zero-order chi connectivity index (χ0) is 22.4. The van der Waals surface area contributed by atoms with Crippen LogP contribution in [0.1, 0.15) is 31.9 Å². The molecule has 2 N–H and O–H groups in total. The van der Waals surface area contributed by atoms with Gasteiger partial charge < -0.3 is 15.4 Å². The summed E-state index contributed by atoms with van der Waals surface area (Å²) in [7, 11) is 0. The predicted molar refractivity (Wildman–Crippen MR) is 116 cm³/mol. The van der Waals surface area contributed by atoms with Crippen LogP contribution in [0.3, 0.4) is 0 Å². The van der Waals surface area contributed by atoms with E-state index in [0.29, 0.717) is 29.6 Å². The monoisotopic (exact) mass is 430 g/mol. The zero-order valence-corrected chi connectivity index (χ0v) is 17.6. The summed E-state index contributed by atoms with van der Waals surface area (Å²) in [5, 5.41) is 5.70. The molecular formula is C23H25F3N4O. The summed E-state index contributed by atoms with van der Waals surface area (Å²) in [5.74, 6) is 0.932. The molecule has 0 saturated heterocycles. The highest BCUT2D eigenvalue weighted by atomic mass is 19.4. The van der Waals surface area contributed by atoms with E-state index in [1.54, 1.807) is 36.4 Å². The van der Waals surface area contributed by atoms with E-state index in [2.05, 4.69) is 34.4 Å². The number of nitrogens with zero attached hydrogens (tertiary/aromatic N) is 2. The van der Waals surface area contributed by atoms with E-state index in [1.807, 2.05) is 19.1 Å². The van der Waals surface area contributed by atoms with Crippen LogP contribution in [0.5, 0.6) is 5.75 Å². The first-order chi connectivity index (χ1) is 14.7. The standard InChI is InChI=1S/C23H25F3N4O/c1-4-31-19-11-9-18(10-12-19)29-22-27-14-20(23(24,25)26)21(30-22)28-17-7-5-16(6-8-17)13-15(2)3/h5-12,14-15H,4,13H2,1-3H3,(H2,27,28,29,30). The van der Waals surface area contributed by atoms with Gasteiger partial charge in [-0.25, -0.2) is 4.98 Å². The van der Waals surface area contributed by atoms with Crippen LogP contribution in [-0.4, -0.2) is 16.6 Å². The summed E-state index contributed by atoms with van der Waals surface area (Å²) >= 11 is 0. The fourth-order valence-corrected chi connectivity index (χ4v) is 3.01. The molecule has 0 atom stereocenters. The fourth-order valence-electron chi connectivity index (χ4n) is 3.01. The normalized spacial score (nSPS) is 11.5. The lowest BCUT2D eigenvalue weighted by atomic mass is 10.0. The van der Waals surface area contributed by atoms with E-state index >= 15 is 0 Å². The highest BCUT2D eigenvalue weighted by Crippen LogP contribution is 2.35. The predicted octanol–water partition coefficient (Wildman–Crippen LogP) is 6.58. The molecule has 164 valence electrons. The molecule has 0 aliphatic rings. The first-order valence-corrected chi connectivity index (χ1v) is 10.0. The molecule has 0 amide bonds. The van der Waals surface area contributed by atoms with Crippen molar-refractivity contribution in [2.24, 2.45) is 5.92 Å². The summed E-state index contributed by atoms with van der Waals surface area (Å²) in [4.78, 5) is 7.91. The van der Waals surface area contributed by atoms with Crippen molar-refractivity contribution in [3.63, 3.8) is 0 Å². The molecule has 3 rings (SSSR count). The summed E-state index contributed by atoms with van der Waals surface area (Å²) in [6.07, 6.45) is -2.91. The second kappa shape index (κ2) is 9.68. The van der Waals surface area contributed by atoms with Crippen LogP contribution in [0, 0.1) is 5.92 Å². The Morgan fingerprint density at radius 1 is 0.935 bits per heavy atom. The Morgan fingerprint density at radius 3 is 2.13 bits per heavy atom. The lowest BCUT2D eigenvalue weighted by Gasteiger charge is -2.15. The summed E-state index contributed by atoms with van der Waals surface area (Å²) in [6, 6.07) is 14.3. The third-order valence-electron chi connectivity index (χ3n) is 4.38. The van der Waals surface area contributed by atoms with Crippen LogP contribution in [0.4, 0.5) is 36.3 Å². The highest BCUT2D eigenvalue weighted by Gasteiger charge is 2.35. The molecule has 1 heterocycles. The molecule has 0 saturated carbocycles. The zero-order valence-electron chi connectivity index (χ0n) is 17.6. The molecule has 2 aromatic carbocycles. The van der Waals surface area contributed by atoms with Crippen LogP contribution in [-0.2, 0) is 12.6 Å². The summed E-state index contributed by atoms with van der Waals surface area (Å²) < 4.78 is 45.8. The lowest BCUT2D eigenvalue weighted by Crippen LogP contribution is -2.12. The molecule has 0 spiro atoms. The lowest BCUT2D eigenvalue weighted by molar-refractivity contribution is -0.137. The van der Waals surface area contributed by atoms with Gasteiger partial charge in [0.05, 0.1) is 6.61 Å². The number of hydrogen-bond donors (Lipinski definition) is 2. The number of anilines is 4. The number of alkyl halides is 3. The van der Waals surface area contributed by atoms with Gasteiger partial charge in [-0.05, 0) is 61.2 Å². The topological polar surface area (TPSA) is 59.1 Å². The number of hydrogen-bond acceptors (Lipinski definition) is 5. The van der Waals surface area contributed by atoms with E-state index in [-0.39, 0.29) is 11.8 Å². The van der Waals surface area contributed by atoms with Crippen molar-refractivity contribution in [2.45, 2.75) is 33.4 Å². The van der Waals surface area contributed by atoms with Gasteiger partial charge in [-0.2, -0.15) is 18.2 Å². The van der Waals surface area contributed by atoms with Crippen LogP contribution in [0.15, 0.2) is 54.7 Å².